The first kappa shape index (κ1) is 17.6. The summed E-state index contributed by atoms with van der Waals surface area (Å²) in [6, 6.07) is 7.44. The van der Waals surface area contributed by atoms with Gasteiger partial charge in [-0.2, -0.15) is 5.10 Å². The van der Waals surface area contributed by atoms with E-state index in [4.69, 9.17) is 4.74 Å². The van der Waals surface area contributed by atoms with Crippen molar-refractivity contribution in [2.75, 3.05) is 19.7 Å². The number of amides is 1. The predicted molar refractivity (Wildman–Crippen MR) is 101 cm³/mol. The van der Waals surface area contributed by atoms with Gasteiger partial charge in [-0.3, -0.25) is 9.48 Å². The minimum Gasteiger partial charge on any atom is -0.374 e. The molecule has 1 aromatic carbocycles. The highest BCUT2D eigenvalue weighted by Crippen LogP contribution is 2.17. The number of hydrogen-bond acceptors (Lipinski definition) is 5. The Balaban J connectivity index is 1.55. The topological polar surface area (TPSA) is 73.1 Å². The van der Waals surface area contributed by atoms with Gasteiger partial charge in [-0.05, 0) is 44.5 Å². The molecule has 1 amide bonds. The number of aryl methyl sites for hydroxylation is 2. The van der Waals surface area contributed by atoms with E-state index in [1.807, 2.05) is 53.9 Å². The van der Waals surface area contributed by atoms with Crippen molar-refractivity contribution in [3.8, 4) is 0 Å². The van der Waals surface area contributed by atoms with E-state index in [1.165, 1.54) is 0 Å². The first-order chi connectivity index (χ1) is 13.1. The summed E-state index contributed by atoms with van der Waals surface area (Å²) < 4.78 is 7.76. The Hall–Kier alpha value is -2.80. The standard InChI is InChI=1S/C20H23N5O2/c1-14-15(2)23-19-11-16(5-6-18(19)22-14)20(26)24-8-4-10-27-17(12-24)13-25-9-3-7-21-25/h3,5-7,9,11,17H,4,8,10,12-13H2,1-2H3. The van der Waals surface area contributed by atoms with Gasteiger partial charge in [0.05, 0.1) is 35.1 Å². The van der Waals surface area contributed by atoms with E-state index in [-0.39, 0.29) is 12.0 Å². The van der Waals surface area contributed by atoms with Gasteiger partial charge in [0.25, 0.3) is 5.91 Å². The number of hydrogen-bond donors (Lipinski definition) is 0. The van der Waals surface area contributed by atoms with Gasteiger partial charge in [-0.15, -0.1) is 0 Å². The van der Waals surface area contributed by atoms with Crippen LogP contribution in [0.2, 0.25) is 0 Å². The zero-order valence-corrected chi connectivity index (χ0v) is 15.6. The number of carbonyl (C=O) groups excluding carboxylic acids is 1. The molecule has 1 aliphatic heterocycles. The molecule has 1 atom stereocenters. The van der Waals surface area contributed by atoms with Crippen molar-refractivity contribution >= 4 is 16.9 Å². The molecule has 0 radical (unpaired) electrons. The molecule has 0 spiro atoms. The predicted octanol–water partition coefficient (Wildman–Crippen LogP) is 2.37. The van der Waals surface area contributed by atoms with Crippen LogP contribution < -0.4 is 0 Å². The van der Waals surface area contributed by atoms with E-state index in [1.54, 1.807) is 6.20 Å². The van der Waals surface area contributed by atoms with Gasteiger partial charge in [-0.1, -0.05) is 0 Å². The first-order valence-electron chi connectivity index (χ1n) is 9.23. The second kappa shape index (κ2) is 7.44. The van der Waals surface area contributed by atoms with E-state index < -0.39 is 0 Å². The number of carbonyl (C=O) groups is 1. The third-order valence-corrected chi connectivity index (χ3v) is 4.91. The average Bonchev–Trinajstić information content (AvgIpc) is 3.06. The molecule has 1 unspecified atom stereocenters. The highest BCUT2D eigenvalue weighted by Gasteiger charge is 2.24. The van der Waals surface area contributed by atoms with Gasteiger partial charge >= 0.3 is 0 Å². The van der Waals surface area contributed by atoms with E-state index >= 15 is 0 Å². The highest BCUT2D eigenvalue weighted by molar-refractivity contribution is 5.97. The Morgan fingerprint density at radius 2 is 2.04 bits per heavy atom. The summed E-state index contributed by atoms with van der Waals surface area (Å²) >= 11 is 0. The zero-order valence-electron chi connectivity index (χ0n) is 15.6. The van der Waals surface area contributed by atoms with E-state index in [0.29, 0.717) is 31.8 Å². The lowest BCUT2D eigenvalue weighted by molar-refractivity contribution is 0.0367. The summed E-state index contributed by atoms with van der Waals surface area (Å²) in [5.41, 5.74) is 4.00. The molecule has 1 saturated heterocycles. The largest absolute Gasteiger partial charge is 0.374 e. The van der Waals surface area contributed by atoms with Crippen molar-refractivity contribution in [2.45, 2.75) is 32.9 Å². The molecule has 0 saturated carbocycles. The lowest BCUT2D eigenvalue weighted by atomic mass is 10.1. The molecule has 3 aromatic rings. The minimum absolute atomic E-state index is 0.00731. The van der Waals surface area contributed by atoms with Crippen molar-refractivity contribution in [1.29, 1.82) is 0 Å². The Morgan fingerprint density at radius 1 is 1.22 bits per heavy atom. The molecule has 7 nitrogen and oxygen atoms in total. The molecule has 1 aliphatic rings. The third-order valence-electron chi connectivity index (χ3n) is 4.91. The second-order valence-electron chi connectivity index (χ2n) is 6.92. The number of nitrogens with zero attached hydrogens (tertiary/aromatic N) is 5. The summed E-state index contributed by atoms with van der Waals surface area (Å²) in [5, 5.41) is 4.24. The molecule has 7 heteroatoms. The average molecular weight is 365 g/mol. The van der Waals surface area contributed by atoms with E-state index in [0.717, 1.165) is 28.8 Å². The lowest BCUT2D eigenvalue weighted by Crippen LogP contribution is -2.38. The highest BCUT2D eigenvalue weighted by atomic mass is 16.5. The summed E-state index contributed by atoms with van der Waals surface area (Å²) in [4.78, 5) is 24.1. The Bertz CT molecular complexity index is 954. The maximum Gasteiger partial charge on any atom is 0.254 e. The van der Waals surface area contributed by atoms with Gasteiger partial charge in [0.1, 0.15) is 0 Å². The number of aromatic nitrogens is 4. The van der Waals surface area contributed by atoms with Crippen molar-refractivity contribution in [3.63, 3.8) is 0 Å². The summed E-state index contributed by atoms with van der Waals surface area (Å²) in [6.07, 6.45) is 4.42. The molecule has 27 heavy (non-hydrogen) atoms. The fourth-order valence-electron chi connectivity index (χ4n) is 3.35. The Kier molecular flexibility index (Phi) is 4.85. The fraction of sp³-hybridized carbons (Fsp3) is 0.400. The van der Waals surface area contributed by atoms with Crippen LogP contribution in [0.25, 0.3) is 11.0 Å². The third kappa shape index (κ3) is 3.83. The van der Waals surface area contributed by atoms with Gasteiger partial charge in [0.15, 0.2) is 0 Å². The zero-order chi connectivity index (χ0) is 18.8. The smallest absolute Gasteiger partial charge is 0.254 e. The molecule has 0 aliphatic carbocycles. The quantitative estimate of drug-likeness (QED) is 0.712. The normalized spacial score (nSPS) is 17.9. The van der Waals surface area contributed by atoms with Crippen LogP contribution in [0.4, 0.5) is 0 Å². The number of rotatable bonds is 3. The van der Waals surface area contributed by atoms with E-state index in [2.05, 4.69) is 15.1 Å². The molecule has 0 bridgehead atoms. The summed E-state index contributed by atoms with van der Waals surface area (Å²) in [7, 11) is 0. The maximum absolute atomic E-state index is 13.1. The maximum atomic E-state index is 13.1. The van der Waals surface area contributed by atoms with Gasteiger partial charge in [-0.25, -0.2) is 9.97 Å². The van der Waals surface area contributed by atoms with Crippen molar-refractivity contribution < 1.29 is 9.53 Å². The van der Waals surface area contributed by atoms with E-state index in [9.17, 15) is 4.79 Å². The van der Waals surface area contributed by atoms with Crippen LogP contribution in [-0.4, -0.2) is 56.4 Å². The SMILES string of the molecule is Cc1nc2ccc(C(=O)N3CCCOC(Cn4cccn4)C3)cc2nc1C. The Morgan fingerprint density at radius 3 is 2.81 bits per heavy atom. The summed E-state index contributed by atoms with van der Waals surface area (Å²) in [5.74, 6) is 0.00731. The minimum atomic E-state index is -0.0681. The number of benzene rings is 1. The van der Waals surface area contributed by atoms with Crippen molar-refractivity contribution in [1.82, 2.24) is 24.6 Å². The van der Waals surface area contributed by atoms with Crippen LogP contribution in [0, 0.1) is 13.8 Å². The van der Waals surface area contributed by atoms with Crippen LogP contribution >= 0.6 is 0 Å². The molecule has 1 fully saturated rings. The Labute approximate surface area is 158 Å². The first-order valence-corrected chi connectivity index (χ1v) is 9.23. The molecule has 2 aromatic heterocycles. The monoisotopic (exact) mass is 365 g/mol. The molecule has 4 rings (SSSR count). The van der Waals surface area contributed by atoms with Gasteiger partial charge in [0, 0.05) is 37.7 Å². The lowest BCUT2D eigenvalue weighted by Gasteiger charge is -2.24. The molecule has 140 valence electrons. The second-order valence-corrected chi connectivity index (χ2v) is 6.92. The molecule has 3 heterocycles. The van der Waals surface area contributed by atoms with Crippen LogP contribution in [0.1, 0.15) is 28.2 Å². The molecule has 0 N–H and O–H groups in total. The molecular formula is C20H23N5O2. The van der Waals surface area contributed by atoms with Crippen LogP contribution in [0.15, 0.2) is 36.7 Å². The van der Waals surface area contributed by atoms with Crippen LogP contribution in [0.3, 0.4) is 0 Å². The van der Waals surface area contributed by atoms with Crippen molar-refractivity contribution in [3.05, 3.63) is 53.6 Å². The van der Waals surface area contributed by atoms with Crippen LogP contribution in [-0.2, 0) is 11.3 Å². The number of ether oxygens (including phenoxy) is 1. The fourth-order valence-corrected chi connectivity index (χ4v) is 3.35. The van der Waals surface area contributed by atoms with Gasteiger partial charge < -0.3 is 9.64 Å². The molecular weight excluding hydrogens is 342 g/mol. The van der Waals surface area contributed by atoms with Crippen LogP contribution in [0.5, 0.6) is 0 Å². The summed E-state index contributed by atoms with van der Waals surface area (Å²) in [6.45, 7) is 6.40. The van der Waals surface area contributed by atoms with Crippen molar-refractivity contribution in [2.24, 2.45) is 0 Å². The number of fused-ring (bicyclic) bond motifs is 1. The van der Waals surface area contributed by atoms with Gasteiger partial charge in [0.2, 0.25) is 0 Å².